The predicted molar refractivity (Wildman–Crippen MR) is 151 cm³/mol. The summed E-state index contributed by atoms with van der Waals surface area (Å²) in [5, 5.41) is 12.6. The minimum absolute atomic E-state index is 0.194. The standard InChI is InChI=1S/C27H46N6O6/c1-14-32(23(35)38-26(7,8)9)30-33(24(36)39-27(10,11)12)21(28)17-18-31(13)20(3)16-15-19(2)29-22(34)37-25(4,5)6/h14-18,20,28,30H,1-2H2,3-13H3,(H,29,34)/b16-15-,18-17-,28-21?. The third-order valence-electron chi connectivity index (χ3n) is 4.14. The molecule has 12 nitrogen and oxygen atoms in total. The van der Waals surface area contributed by atoms with E-state index in [1.54, 1.807) is 92.6 Å². The normalized spacial score (nSPS) is 12.9. The number of alkyl carbamates (subject to hydrolysis) is 1. The molecule has 0 radical (unpaired) electrons. The van der Waals surface area contributed by atoms with Gasteiger partial charge in [0.1, 0.15) is 22.6 Å². The number of carbonyl (C=O) groups excluding carboxylic acids is 3. The van der Waals surface area contributed by atoms with Crippen molar-refractivity contribution in [2.75, 3.05) is 7.05 Å². The monoisotopic (exact) mass is 550 g/mol. The van der Waals surface area contributed by atoms with E-state index < -0.39 is 35.1 Å². The zero-order chi connectivity index (χ0) is 30.8. The summed E-state index contributed by atoms with van der Waals surface area (Å²) in [5.41, 5.74) is 0.549. The number of hydrazine groups is 2. The summed E-state index contributed by atoms with van der Waals surface area (Å²) in [6, 6.07) is -0.194. The molecule has 0 saturated heterocycles. The fourth-order valence-electron chi connectivity index (χ4n) is 2.34. The van der Waals surface area contributed by atoms with Crippen LogP contribution in [0.4, 0.5) is 14.4 Å². The van der Waals surface area contributed by atoms with E-state index in [1.165, 1.54) is 6.08 Å². The molecule has 0 aromatic carbocycles. The molecule has 0 aliphatic heterocycles. The van der Waals surface area contributed by atoms with Gasteiger partial charge in [0, 0.05) is 31.2 Å². The Morgan fingerprint density at radius 1 is 0.872 bits per heavy atom. The van der Waals surface area contributed by atoms with Crippen molar-refractivity contribution in [3.8, 4) is 0 Å². The fourth-order valence-corrected chi connectivity index (χ4v) is 2.34. The van der Waals surface area contributed by atoms with Crippen LogP contribution in [0.2, 0.25) is 0 Å². The molecular weight excluding hydrogens is 504 g/mol. The number of carbonyl (C=O) groups is 3. The fraction of sp³-hybridized carbons (Fsp3) is 0.556. The van der Waals surface area contributed by atoms with Gasteiger partial charge in [-0.3, -0.25) is 10.7 Å². The van der Waals surface area contributed by atoms with E-state index in [0.29, 0.717) is 5.70 Å². The van der Waals surface area contributed by atoms with Crippen molar-refractivity contribution in [1.82, 2.24) is 25.8 Å². The van der Waals surface area contributed by atoms with Crippen LogP contribution in [0.5, 0.6) is 0 Å². The molecule has 0 rings (SSSR count). The van der Waals surface area contributed by atoms with Gasteiger partial charge in [-0.1, -0.05) is 19.2 Å². The maximum atomic E-state index is 12.9. The van der Waals surface area contributed by atoms with Gasteiger partial charge in [0.15, 0.2) is 0 Å². The minimum Gasteiger partial charge on any atom is -0.444 e. The molecule has 0 aromatic rings. The van der Waals surface area contributed by atoms with Crippen LogP contribution in [0.1, 0.15) is 69.2 Å². The zero-order valence-corrected chi connectivity index (χ0v) is 25.2. The Bertz CT molecular complexity index is 969. The van der Waals surface area contributed by atoms with Crippen LogP contribution in [0.3, 0.4) is 0 Å². The van der Waals surface area contributed by atoms with Crippen LogP contribution in [-0.2, 0) is 14.2 Å². The molecule has 220 valence electrons. The highest BCUT2D eigenvalue weighted by Crippen LogP contribution is 2.13. The van der Waals surface area contributed by atoms with E-state index in [0.717, 1.165) is 16.2 Å². The molecule has 0 heterocycles. The number of amides is 3. The van der Waals surface area contributed by atoms with Gasteiger partial charge in [0.2, 0.25) is 0 Å². The summed E-state index contributed by atoms with van der Waals surface area (Å²) in [6.07, 6.45) is 5.05. The molecule has 3 amide bonds. The first-order valence-electron chi connectivity index (χ1n) is 12.3. The molecule has 1 unspecified atom stereocenters. The molecule has 12 heteroatoms. The van der Waals surface area contributed by atoms with E-state index in [9.17, 15) is 14.4 Å². The number of allylic oxidation sites excluding steroid dienone is 1. The second kappa shape index (κ2) is 14.4. The molecule has 0 aromatic heterocycles. The Balaban J connectivity index is 5.55. The Labute approximate surface area is 232 Å². The topological polar surface area (TPSA) is 137 Å². The summed E-state index contributed by atoms with van der Waals surface area (Å²) in [4.78, 5) is 39.0. The largest absolute Gasteiger partial charge is 0.444 e. The van der Waals surface area contributed by atoms with Crippen molar-refractivity contribution in [1.29, 1.82) is 5.41 Å². The lowest BCUT2D eigenvalue weighted by molar-refractivity contribution is -0.00451. The van der Waals surface area contributed by atoms with E-state index in [1.807, 2.05) is 6.92 Å². The molecule has 0 saturated carbocycles. The number of nitrogens with zero attached hydrogens (tertiary/aromatic N) is 3. The maximum Gasteiger partial charge on any atom is 0.432 e. The van der Waals surface area contributed by atoms with Crippen LogP contribution in [0.25, 0.3) is 0 Å². The van der Waals surface area contributed by atoms with Crippen molar-refractivity contribution < 1.29 is 28.6 Å². The average Bonchev–Trinajstić information content (AvgIpc) is 2.72. The summed E-state index contributed by atoms with van der Waals surface area (Å²) in [5.74, 6) is -0.335. The van der Waals surface area contributed by atoms with E-state index in [-0.39, 0.29) is 11.9 Å². The molecule has 39 heavy (non-hydrogen) atoms. The predicted octanol–water partition coefficient (Wildman–Crippen LogP) is 5.43. The lowest BCUT2D eigenvalue weighted by Crippen LogP contribution is -2.56. The lowest BCUT2D eigenvalue weighted by Gasteiger charge is -2.31. The SMILES string of the molecule is C=CN(NN(C(=N)/C=C\N(C)C(C)/C=C\C(=C)NC(=O)OC(C)(C)C)C(=O)OC(C)(C)C)C(=O)OC(C)(C)C. The van der Waals surface area contributed by atoms with Crippen LogP contribution in [0.15, 0.2) is 49.5 Å². The third kappa shape index (κ3) is 15.9. The van der Waals surface area contributed by atoms with Gasteiger partial charge in [0.25, 0.3) is 0 Å². The van der Waals surface area contributed by atoms with Crippen LogP contribution in [-0.4, -0.2) is 68.9 Å². The average molecular weight is 551 g/mol. The van der Waals surface area contributed by atoms with Gasteiger partial charge in [-0.25, -0.2) is 14.4 Å². The van der Waals surface area contributed by atoms with Crippen molar-refractivity contribution in [2.45, 2.75) is 92.1 Å². The number of ether oxygens (including phenoxy) is 3. The first kappa shape index (κ1) is 35.2. The highest BCUT2D eigenvalue weighted by Gasteiger charge is 2.29. The van der Waals surface area contributed by atoms with Crippen molar-refractivity contribution >= 4 is 24.1 Å². The highest BCUT2D eigenvalue weighted by atomic mass is 16.6. The first-order chi connectivity index (χ1) is 17.5. The van der Waals surface area contributed by atoms with Gasteiger partial charge in [-0.05, 0) is 81.4 Å². The second-order valence-electron chi connectivity index (χ2n) is 11.6. The lowest BCUT2D eigenvalue weighted by atomic mass is 10.2. The number of rotatable bonds is 9. The Morgan fingerprint density at radius 2 is 1.36 bits per heavy atom. The summed E-state index contributed by atoms with van der Waals surface area (Å²) in [7, 11) is 1.75. The summed E-state index contributed by atoms with van der Waals surface area (Å²) in [6.45, 7) is 24.6. The number of likely N-dealkylation sites (N-methyl/N-ethyl adjacent to an activating group) is 1. The number of hydrogen-bond acceptors (Lipinski definition) is 9. The minimum atomic E-state index is -0.923. The maximum absolute atomic E-state index is 12.9. The van der Waals surface area contributed by atoms with Crippen molar-refractivity contribution in [3.05, 3.63) is 49.5 Å². The number of nitrogens with one attached hydrogen (secondary N) is 3. The second-order valence-corrected chi connectivity index (χ2v) is 11.6. The first-order valence-corrected chi connectivity index (χ1v) is 12.3. The zero-order valence-electron chi connectivity index (χ0n) is 25.2. The van der Waals surface area contributed by atoms with Gasteiger partial charge < -0.3 is 19.1 Å². The Kier molecular flexibility index (Phi) is 13.0. The molecule has 1 atom stereocenters. The molecule has 0 spiro atoms. The molecule has 0 aliphatic rings. The molecule has 0 bridgehead atoms. The van der Waals surface area contributed by atoms with Crippen LogP contribution >= 0.6 is 0 Å². The Morgan fingerprint density at radius 3 is 1.82 bits per heavy atom. The summed E-state index contributed by atoms with van der Waals surface area (Å²) >= 11 is 0. The van der Waals surface area contributed by atoms with Crippen molar-refractivity contribution in [2.24, 2.45) is 0 Å². The number of amidine groups is 1. The van der Waals surface area contributed by atoms with Gasteiger partial charge >= 0.3 is 18.3 Å². The third-order valence-corrected chi connectivity index (χ3v) is 4.14. The molecular formula is C27H46N6O6. The van der Waals surface area contributed by atoms with Crippen LogP contribution < -0.4 is 10.9 Å². The highest BCUT2D eigenvalue weighted by molar-refractivity contribution is 6.00. The quantitative estimate of drug-likeness (QED) is 0.114. The van der Waals surface area contributed by atoms with E-state index >= 15 is 0 Å². The van der Waals surface area contributed by atoms with E-state index in [4.69, 9.17) is 19.6 Å². The molecule has 0 fully saturated rings. The Hall–Kier alpha value is -3.80. The molecule has 0 aliphatic carbocycles. The van der Waals surface area contributed by atoms with Gasteiger partial charge in [-0.2, -0.15) is 10.0 Å². The van der Waals surface area contributed by atoms with Crippen molar-refractivity contribution in [3.63, 3.8) is 0 Å². The van der Waals surface area contributed by atoms with E-state index in [2.05, 4.69) is 24.0 Å². The number of hydrogen-bond donors (Lipinski definition) is 3. The van der Waals surface area contributed by atoms with Crippen LogP contribution in [0, 0.1) is 5.41 Å². The smallest absolute Gasteiger partial charge is 0.432 e. The van der Waals surface area contributed by atoms with Gasteiger partial charge in [0.05, 0.1) is 0 Å². The summed E-state index contributed by atoms with van der Waals surface area (Å²) < 4.78 is 15.9. The van der Waals surface area contributed by atoms with Gasteiger partial charge in [-0.15, -0.1) is 5.53 Å². The molecule has 3 N–H and O–H groups in total.